The lowest BCUT2D eigenvalue weighted by molar-refractivity contribution is -0.137. The highest BCUT2D eigenvalue weighted by atomic mass is 79.9. The van der Waals surface area contributed by atoms with Gasteiger partial charge in [-0.25, -0.2) is 5.43 Å². The van der Waals surface area contributed by atoms with Crippen molar-refractivity contribution in [2.75, 3.05) is 0 Å². The molecule has 0 saturated carbocycles. The van der Waals surface area contributed by atoms with Crippen molar-refractivity contribution in [3.63, 3.8) is 0 Å². The zero-order valence-corrected chi connectivity index (χ0v) is 10.1. The van der Waals surface area contributed by atoms with Crippen molar-refractivity contribution in [3.05, 3.63) is 34.3 Å². The number of hydrogen-bond donors (Lipinski definition) is 2. The average Bonchev–Trinajstić information content (AvgIpc) is 2.26. The number of nitrogens with zero attached hydrogens (tertiary/aromatic N) is 1. The number of hydrogen-bond acceptors (Lipinski definition) is 3. The fraction of sp³-hybridized carbons (Fsp3) is 0.100. The maximum atomic E-state index is 10.8. The van der Waals surface area contributed by atoms with E-state index in [1.54, 1.807) is 6.92 Å². The van der Waals surface area contributed by atoms with E-state index in [9.17, 15) is 9.59 Å². The van der Waals surface area contributed by atoms with Gasteiger partial charge >= 0.3 is 11.8 Å². The lowest BCUT2D eigenvalue weighted by atomic mass is 10.1. The summed E-state index contributed by atoms with van der Waals surface area (Å²) in [6.45, 7) is 1.71. The monoisotopic (exact) mass is 283 g/mol. The molecule has 0 bridgehead atoms. The van der Waals surface area contributed by atoms with Crippen LogP contribution >= 0.6 is 15.9 Å². The quantitative estimate of drug-likeness (QED) is 0.477. The molecule has 0 atom stereocenters. The molecule has 0 fully saturated rings. The van der Waals surface area contributed by atoms with Gasteiger partial charge in [0.1, 0.15) is 0 Å². The second-order valence-corrected chi connectivity index (χ2v) is 3.92. The molecule has 0 radical (unpaired) electrons. The van der Waals surface area contributed by atoms with Crippen molar-refractivity contribution in [3.8, 4) is 0 Å². The Morgan fingerprint density at radius 3 is 2.38 bits per heavy atom. The number of carbonyl (C=O) groups excluding carboxylic acids is 2. The van der Waals surface area contributed by atoms with Crippen LogP contribution in [0.15, 0.2) is 33.8 Å². The highest BCUT2D eigenvalue weighted by Crippen LogP contribution is 2.10. The molecule has 0 saturated heterocycles. The molecule has 84 valence electrons. The SMILES string of the molecule is C/C(=N\NC(=O)C(N)=O)c1ccc(Br)cc1. The van der Waals surface area contributed by atoms with Gasteiger partial charge in [-0.1, -0.05) is 28.1 Å². The maximum Gasteiger partial charge on any atom is 0.329 e. The third-order valence-corrected chi connectivity index (χ3v) is 2.34. The summed E-state index contributed by atoms with van der Waals surface area (Å²) < 4.78 is 0.949. The van der Waals surface area contributed by atoms with E-state index in [0.717, 1.165) is 10.0 Å². The van der Waals surface area contributed by atoms with Gasteiger partial charge in [0.15, 0.2) is 0 Å². The van der Waals surface area contributed by atoms with E-state index < -0.39 is 11.8 Å². The molecular formula is C10H10BrN3O2. The molecule has 1 aromatic rings. The van der Waals surface area contributed by atoms with Crippen LogP contribution in [0, 0.1) is 0 Å². The first-order valence-electron chi connectivity index (χ1n) is 4.40. The fourth-order valence-corrected chi connectivity index (χ4v) is 1.21. The molecule has 0 aromatic heterocycles. The van der Waals surface area contributed by atoms with Gasteiger partial charge in [0.25, 0.3) is 0 Å². The first-order chi connectivity index (χ1) is 7.50. The highest BCUT2D eigenvalue weighted by molar-refractivity contribution is 9.10. The van der Waals surface area contributed by atoms with Crippen LogP contribution in [-0.2, 0) is 9.59 Å². The molecule has 0 aliphatic carbocycles. The van der Waals surface area contributed by atoms with Gasteiger partial charge in [-0.2, -0.15) is 5.10 Å². The predicted molar refractivity (Wildman–Crippen MR) is 63.7 cm³/mol. The van der Waals surface area contributed by atoms with Crippen molar-refractivity contribution in [2.45, 2.75) is 6.92 Å². The summed E-state index contributed by atoms with van der Waals surface area (Å²) in [6, 6.07) is 7.37. The second kappa shape index (κ2) is 5.41. The van der Waals surface area contributed by atoms with Crippen LogP contribution in [0.2, 0.25) is 0 Å². The van der Waals surface area contributed by atoms with Crippen molar-refractivity contribution >= 4 is 33.5 Å². The molecule has 1 rings (SSSR count). The molecule has 0 aliphatic rings. The Bertz CT molecular complexity index is 440. The molecule has 3 N–H and O–H groups in total. The van der Waals surface area contributed by atoms with Gasteiger partial charge in [-0.05, 0) is 24.6 Å². The minimum Gasteiger partial charge on any atom is -0.361 e. The molecular weight excluding hydrogens is 274 g/mol. The van der Waals surface area contributed by atoms with Crippen molar-refractivity contribution in [1.82, 2.24) is 5.43 Å². The van der Waals surface area contributed by atoms with Gasteiger partial charge in [0, 0.05) is 4.47 Å². The normalized spacial score (nSPS) is 11.0. The number of amides is 2. The molecule has 2 amide bonds. The third-order valence-electron chi connectivity index (χ3n) is 1.81. The van der Waals surface area contributed by atoms with Crippen LogP contribution in [0.25, 0.3) is 0 Å². The van der Waals surface area contributed by atoms with Crippen molar-refractivity contribution in [2.24, 2.45) is 10.8 Å². The minimum atomic E-state index is -1.06. The summed E-state index contributed by atoms with van der Waals surface area (Å²) in [7, 11) is 0. The van der Waals surface area contributed by atoms with Crippen molar-refractivity contribution in [1.29, 1.82) is 0 Å². The van der Waals surface area contributed by atoms with Crippen LogP contribution in [-0.4, -0.2) is 17.5 Å². The second-order valence-electron chi connectivity index (χ2n) is 3.01. The number of primary amides is 1. The Labute approximate surface area is 101 Å². The number of carbonyl (C=O) groups is 2. The molecule has 0 spiro atoms. The van der Waals surface area contributed by atoms with Crippen LogP contribution in [0.3, 0.4) is 0 Å². The molecule has 0 unspecified atom stereocenters. The molecule has 6 heteroatoms. The summed E-state index contributed by atoms with van der Waals surface area (Å²) in [5, 5.41) is 3.75. The average molecular weight is 284 g/mol. The van der Waals surface area contributed by atoms with Crippen LogP contribution in [0.1, 0.15) is 12.5 Å². The summed E-state index contributed by atoms with van der Waals surface area (Å²) in [5.74, 6) is -2.00. The number of rotatable bonds is 2. The molecule has 5 nitrogen and oxygen atoms in total. The number of halogens is 1. The minimum absolute atomic E-state index is 0.585. The van der Waals surface area contributed by atoms with E-state index in [0.29, 0.717) is 5.71 Å². The van der Waals surface area contributed by atoms with E-state index >= 15 is 0 Å². The van der Waals surface area contributed by atoms with E-state index in [1.807, 2.05) is 24.3 Å². The summed E-state index contributed by atoms with van der Waals surface area (Å²) in [5.41, 5.74) is 8.24. The lowest BCUT2D eigenvalue weighted by Crippen LogP contribution is -2.33. The Morgan fingerprint density at radius 2 is 1.88 bits per heavy atom. The first kappa shape index (κ1) is 12.4. The summed E-state index contributed by atoms with van der Waals surface area (Å²) >= 11 is 3.31. The fourth-order valence-electron chi connectivity index (χ4n) is 0.945. The van der Waals surface area contributed by atoms with Gasteiger partial charge in [0.05, 0.1) is 5.71 Å². The van der Waals surface area contributed by atoms with Gasteiger partial charge in [-0.15, -0.1) is 0 Å². The highest BCUT2D eigenvalue weighted by Gasteiger charge is 2.06. The van der Waals surface area contributed by atoms with E-state index in [-0.39, 0.29) is 0 Å². The first-order valence-corrected chi connectivity index (χ1v) is 5.20. The third kappa shape index (κ3) is 3.47. The van der Waals surface area contributed by atoms with Crippen LogP contribution in [0.4, 0.5) is 0 Å². The number of nitrogens with two attached hydrogens (primary N) is 1. The van der Waals surface area contributed by atoms with Gasteiger partial charge < -0.3 is 5.73 Å². The summed E-state index contributed by atoms with van der Waals surface area (Å²) in [4.78, 5) is 21.3. The maximum absolute atomic E-state index is 10.8. The molecule has 0 aliphatic heterocycles. The van der Waals surface area contributed by atoms with Gasteiger partial charge in [-0.3, -0.25) is 9.59 Å². The Hall–Kier alpha value is -1.69. The van der Waals surface area contributed by atoms with Crippen molar-refractivity contribution < 1.29 is 9.59 Å². The molecule has 0 heterocycles. The number of hydrazone groups is 1. The van der Waals surface area contributed by atoms with Gasteiger partial charge in [0.2, 0.25) is 0 Å². The van der Waals surface area contributed by atoms with Crippen LogP contribution < -0.4 is 11.2 Å². The smallest absolute Gasteiger partial charge is 0.329 e. The summed E-state index contributed by atoms with van der Waals surface area (Å²) in [6.07, 6.45) is 0. The lowest BCUT2D eigenvalue weighted by Gasteiger charge is -2.01. The largest absolute Gasteiger partial charge is 0.361 e. The van der Waals surface area contributed by atoms with E-state index in [2.05, 4.69) is 26.5 Å². The standard InChI is InChI=1S/C10H10BrN3O2/c1-6(13-14-10(16)9(12)15)7-2-4-8(11)5-3-7/h2-5H,1H3,(H2,12,15)(H,14,16)/b13-6+. The molecule has 16 heavy (non-hydrogen) atoms. The zero-order chi connectivity index (χ0) is 12.1. The number of benzene rings is 1. The number of nitrogens with one attached hydrogen (secondary N) is 1. The Morgan fingerprint density at radius 1 is 1.31 bits per heavy atom. The van der Waals surface area contributed by atoms with Crippen LogP contribution in [0.5, 0.6) is 0 Å². The topological polar surface area (TPSA) is 84.6 Å². The molecule has 1 aromatic carbocycles. The Kier molecular flexibility index (Phi) is 4.19. The van der Waals surface area contributed by atoms with E-state index in [1.165, 1.54) is 0 Å². The van der Waals surface area contributed by atoms with E-state index in [4.69, 9.17) is 5.73 Å². The predicted octanol–water partition coefficient (Wildman–Crippen LogP) is 0.775. The Balaban J connectivity index is 2.74. The zero-order valence-electron chi connectivity index (χ0n) is 8.53.